The van der Waals surface area contributed by atoms with E-state index in [1.807, 2.05) is 6.92 Å². The van der Waals surface area contributed by atoms with Crippen molar-refractivity contribution in [3.05, 3.63) is 77.0 Å². The topological polar surface area (TPSA) is 102 Å². The van der Waals surface area contributed by atoms with Gasteiger partial charge in [-0.3, -0.25) is 24.2 Å². The van der Waals surface area contributed by atoms with Crippen molar-refractivity contribution in [2.45, 2.75) is 12.8 Å². The lowest BCUT2D eigenvalue weighted by Crippen LogP contribution is -2.44. The molecule has 2 atom stereocenters. The number of aliphatic hydroxyl groups excluding tert-OH is 1. The molecule has 0 spiro atoms. The van der Waals surface area contributed by atoms with Crippen molar-refractivity contribution in [2.75, 3.05) is 18.1 Å². The summed E-state index contributed by atoms with van der Waals surface area (Å²) in [4.78, 5) is 41.9. The number of aryl methyl sites for hydroxylation is 1. The average molecular weight is 401 g/mol. The van der Waals surface area contributed by atoms with Crippen LogP contribution in [0.15, 0.2) is 65.9 Å². The highest BCUT2D eigenvalue weighted by Gasteiger charge is 2.53. The molecular formula is C23H19N3O4. The Labute approximate surface area is 173 Å². The Bertz CT molecular complexity index is 1100. The Kier molecular flexibility index (Phi) is 4.94. The van der Waals surface area contributed by atoms with E-state index in [1.165, 1.54) is 4.90 Å². The lowest BCUT2D eigenvalue weighted by atomic mass is 9.77. The van der Waals surface area contributed by atoms with E-state index in [0.29, 0.717) is 11.3 Å². The van der Waals surface area contributed by atoms with E-state index in [4.69, 9.17) is 0 Å². The van der Waals surface area contributed by atoms with Crippen LogP contribution >= 0.6 is 0 Å². The van der Waals surface area contributed by atoms with Gasteiger partial charge in [0.15, 0.2) is 0 Å². The number of benzene rings is 2. The van der Waals surface area contributed by atoms with Crippen LogP contribution in [0.3, 0.4) is 0 Å². The first-order valence-corrected chi connectivity index (χ1v) is 9.56. The Morgan fingerprint density at radius 3 is 2.27 bits per heavy atom. The molecule has 0 radical (unpaired) electrons. The molecule has 2 heterocycles. The van der Waals surface area contributed by atoms with Crippen LogP contribution in [0.4, 0.5) is 5.69 Å². The fourth-order valence-corrected chi connectivity index (χ4v) is 4.04. The summed E-state index contributed by atoms with van der Waals surface area (Å²) in [7, 11) is 0. The van der Waals surface area contributed by atoms with Crippen molar-refractivity contribution >= 4 is 23.4 Å². The van der Waals surface area contributed by atoms with Gasteiger partial charge in [-0.15, -0.1) is 0 Å². The maximum atomic E-state index is 13.4. The van der Waals surface area contributed by atoms with Crippen LogP contribution in [0.1, 0.15) is 17.0 Å². The maximum absolute atomic E-state index is 13.4. The van der Waals surface area contributed by atoms with Gasteiger partial charge >= 0.3 is 0 Å². The Balaban J connectivity index is 1.97. The van der Waals surface area contributed by atoms with Gasteiger partial charge in [0.2, 0.25) is 5.91 Å². The second-order valence-corrected chi connectivity index (χ2v) is 7.25. The quantitative estimate of drug-likeness (QED) is 0.789. The summed E-state index contributed by atoms with van der Waals surface area (Å²) in [6.07, 6.45) is 0. The lowest BCUT2D eigenvalue weighted by Gasteiger charge is -2.34. The molecule has 7 heteroatoms. The van der Waals surface area contributed by atoms with Crippen molar-refractivity contribution in [1.82, 2.24) is 4.90 Å². The molecule has 0 aliphatic carbocycles. The summed E-state index contributed by atoms with van der Waals surface area (Å²) in [6, 6.07) is 17.8. The molecule has 0 bridgehead atoms. The minimum absolute atomic E-state index is 0.0392. The Morgan fingerprint density at radius 1 is 1.00 bits per heavy atom. The third kappa shape index (κ3) is 2.90. The number of nitriles is 1. The third-order valence-corrected chi connectivity index (χ3v) is 5.45. The predicted octanol–water partition coefficient (Wildman–Crippen LogP) is 1.88. The fourth-order valence-electron chi connectivity index (χ4n) is 4.04. The van der Waals surface area contributed by atoms with E-state index >= 15 is 0 Å². The number of anilines is 1. The largest absolute Gasteiger partial charge is 0.395 e. The monoisotopic (exact) mass is 401 g/mol. The van der Waals surface area contributed by atoms with Crippen LogP contribution in [0.25, 0.3) is 0 Å². The molecule has 2 aromatic carbocycles. The summed E-state index contributed by atoms with van der Waals surface area (Å²) in [5.74, 6) is -3.81. The number of rotatable bonds is 4. The van der Waals surface area contributed by atoms with Crippen molar-refractivity contribution in [3.63, 3.8) is 0 Å². The molecule has 2 aliphatic rings. The van der Waals surface area contributed by atoms with Crippen LogP contribution < -0.4 is 4.90 Å². The van der Waals surface area contributed by atoms with Crippen LogP contribution in [0.2, 0.25) is 0 Å². The van der Waals surface area contributed by atoms with Crippen molar-refractivity contribution < 1.29 is 19.5 Å². The van der Waals surface area contributed by atoms with Crippen LogP contribution in [-0.2, 0) is 14.4 Å². The molecule has 3 amide bonds. The van der Waals surface area contributed by atoms with E-state index in [0.717, 1.165) is 10.5 Å². The van der Waals surface area contributed by atoms with Gasteiger partial charge in [-0.05, 0) is 24.6 Å². The zero-order chi connectivity index (χ0) is 21.4. The van der Waals surface area contributed by atoms with Crippen LogP contribution in [-0.4, -0.2) is 40.9 Å². The summed E-state index contributed by atoms with van der Waals surface area (Å²) in [6.45, 7) is 1.32. The van der Waals surface area contributed by atoms with E-state index < -0.39 is 36.2 Å². The molecule has 1 N–H and O–H groups in total. The maximum Gasteiger partial charge on any atom is 0.278 e. The van der Waals surface area contributed by atoms with Gasteiger partial charge in [-0.2, -0.15) is 5.26 Å². The Hall–Kier alpha value is -3.76. The summed E-state index contributed by atoms with van der Waals surface area (Å²) >= 11 is 0. The number of β-amino-alcohol motifs (C(OH)–C–C–N with tert-alkyl or cyclic N) is 1. The summed E-state index contributed by atoms with van der Waals surface area (Å²) in [5, 5.41) is 19.2. The summed E-state index contributed by atoms with van der Waals surface area (Å²) < 4.78 is 0. The van der Waals surface area contributed by atoms with Gasteiger partial charge in [0.05, 0.1) is 24.8 Å². The Morgan fingerprint density at radius 2 is 1.67 bits per heavy atom. The number of hydrogen-bond donors (Lipinski definition) is 1. The molecule has 2 aliphatic heterocycles. The molecular weight excluding hydrogens is 382 g/mol. The SMILES string of the molecule is Cc1ccc(N2C(=O)C(C#N)C(c3ccccc3)C3=C2C(=O)N(CCO)C3=O)cc1. The minimum Gasteiger partial charge on any atom is -0.395 e. The van der Waals surface area contributed by atoms with Crippen LogP contribution in [0, 0.1) is 24.2 Å². The smallest absolute Gasteiger partial charge is 0.278 e. The first kappa shape index (κ1) is 19.6. The normalized spacial score (nSPS) is 21.2. The average Bonchev–Trinajstić information content (AvgIpc) is 2.99. The molecule has 0 saturated carbocycles. The highest BCUT2D eigenvalue weighted by atomic mass is 16.3. The van der Waals surface area contributed by atoms with E-state index in [9.17, 15) is 24.8 Å². The van der Waals surface area contributed by atoms with Crippen molar-refractivity contribution in [2.24, 2.45) is 5.92 Å². The number of aliphatic hydroxyl groups is 1. The molecule has 30 heavy (non-hydrogen) atoms. The molecule has 0 aromatic heterocycles. The number of nitrogens with zero attached hydrogens (tertiary/aromatic N) is 3. The van der Waals surface area contributed by atoms with E-state index in [2.05, 4.69) is 6.07 Å². The molecule has 4 rings (SSSR count). The van der Waals surface area contributed by atoms with Crippen molar-refractivity contribution in [1.29, 1.82) is 5.26 Å². The van der Waals surface area contributed by atoms with Crippen LogP contribution in [0.5, 0.6) is 0 Å². The van der Waals surface area contributed by atoms with Gasteiger partial charge in [0, 0.05) is 11.6 Å². The lowest BCUT2D eigenvalue weighted by molar-refractivity contribution is -0.138. The second-order valence-electron chi connectivity index (χ2n) is 7.25. The van der Waals surface area contributed by atoms with Gasteiger partial charge in [-0.25, -0.2) is 0 Å². The molecule has 2 unspecified atom stereocenters. The van der Waals surface area contributed by atoms with Gasteiger partial charge in [0.25, 0.3) is 11.8 Å². The molecule has 0 fully saturated rings. The molecule has 0 saturated heterocycles. The van der Waals surface area contributed by atoms with Gasteiger partial charge < -0.3 is 5.11 Å². The molecule has 7 nitrogen and oxygen atoms in total. The second kappa shape index (κ2) is 7.58. The van der Waals surface area contributed by atoms with Crippen molar-refractivity contribution in [3.8, 4) is 6.07 Å². The highest BCUT2D eigenvalue weighted by Crippen LogP contribution is 2.45. The molecule has 2 aromatic rings. The number of hydrogen-bond acceptors (Lipinski definition) is 5. The third-order valence-electron chi connectivity index (χ3n) is 5.45. The zero-order valence-corrected chi connectivity index (χ0v) is 16.3. The first-order valence-electron chi connectivity index (χ1n) is 9.56. The highest BCUT2D eigenvalue weighted by molar-refractivity contribution is 6.26. The minimum atomic E-state index is -1.17. The predicted molar refractivity (Wildman–Crippen MR) is 108 cm³/mol. The number of carbonyl (C=O) groups excluding carboxylic acids is 3. The molecule has 150 valence electrons. The van der Waals surface area contributed by atoms with Gasteiger partial charge in [0.1, 0.15) is 11.6 Å². The number of carbonyl (C=O) groups is 3. The van der Waals surface area contributed by atoms with E-state index in [-0.39, 0.29) is 17.8 Å². The number of imide groups is 1. The van der Waals surface area contributed by atoms with Gasteiger partial charge in [-0.1, -0.05) is 48.0 Å². The fraction of sp³-hybridized carbons (Fsp3) is 0.217. The van der Waals surface area contributed by atoms with E-state index in [1.54, 1.807) is 54.6 Å². The summed E-state index contributed by atoms with van der Waals surface area (Å²) in [5.41, 5.74) is 2.07. The number of amides is 3. The standard InChI is InChI=1S/C23H19N3O4/c1-14-7-9-16(10-8-14)26-20-19(22(29)25(11-12-27)23(20)30)18(17(13-24)21(26)28)15-5-3-2-4-6-15/h2-10,17-18,27H,11-12H2,1H3. The first-order chi connectivity index (χ1) is 14.5. The zero-order valence-electron chi connectivity index (χ0n) is 16.3.